The minimum Gasteiger partial charge on any atom is -0.305 e. The third kappa shape index (κ3) is 3.01. The molecule has 0 spiro atoms. The first kappa shape index (κ1) is 14.2. The average molecular weight is 278 g/mol. The van der Waals surface area contributed by atoms with Gasteiger partial charge in [0, 0.05) is 4.88 Å². The summed E-state index contributed by atoms with van der Waals surface area (Å²) in [5.41, 5.74) is 2.65. The van der Waals surface area contributed by atoms with E-state index in [1.54, 1.807) is 24.3 Å². The zero-order valence-electron chi connectivity index (χ0n) is 11.7. The van der Waals surface area contributed by atoms with Gasteiger partial charge < -0.3 is 5.32 Å². The number of thiazole rings is 1. The predicted molar refractivity (Wildman–Crippen MR) is 78.2 cm³/mol. The lowest BCUT2D eigenvalue weighted by molar-refractivity contribution is 0.595. The molecule has 19 heavy (non-hydrogen) atoms. The van der Waals surface area contributed by atoms with Gasteiger partial charge in [-0.05, 0) is 44.5 Å². The molecule has 0 bridgehead atoms. The molecule has 0 aliphatic carbocycles. The summed E-state index contributed by atoms with van der Waals surface area (Å²) in [6, 6.07) is 5.37. The Bertz CT molecular complexity index is 558. The van der Waals surface area contributed by atoms with E-state index < -0.39 is 0 Å². The van der Waals surface area contributed by atoms with E-state index in [-0.39, 0.29) is 11.9 Å². The molecule has 0 fully saturated rings. The molecule has 1 aromatic heterocycles. The van der Waals surface area contributed by atoms with Crippen LogP contribution in [0.25, 0.3) is 0 Å². The van der Waals surface area contributed by atoms with Crippen LogP contribution in [0.5, 0.6) is 0 Å². The molecule has 0 saturated heterocycles. The summed E-state index contributed by atoms with van der Waals surface area (Å²) < 4.78 is 13.7. The summed E-state index contributed by atoms with van der Waals surface area (Å²) in [5, 5.41) is 4.38. The van der Waals surface area contributed by atoms with E-state index in [0.29, 0.717) is 5.56 Å². The maximum absolute atomic E-state index is 13.7. The summed E-state index contributed by atoms with van der Waals surface area (Å²) in [5.74, 6) is -0.162. The van der Waals surface area contributed by atoms with Gasteiger partial charge in [-0.25, -0.2) is 9.37 Å². The summed E-state index contributed by atoms with van der Waals surface area (Å²) in [4.78, 5) is 5.80. The summed E-state index contributed by atoms with van der Waals surface area (Å²) in [7, 11) is 0. The van der Waals surface area contributed by atoms with Gasteiger partial charge in [0.05, 0.1) is 11.7 Å². The van der Waals surface area contributed by atoms with E-state index in [2.05, 4.69) is 17.2 Å². The van der Waals surface area contributed by atoms with Gasteiger partial charge >= 0.3 is 0 Å². The van der Waals surface area contributed by atoms with Crippen molar-refractivity contribution in [1.82, 2.24) is 10.3 Å². The predicted octanol–water partition coefficient (Wildman–Crippen LogP) is 3.91. The maximum atomic E-state index is 13.7. The fourth-order valence-electron chi connectivity index (χ4n) is 1.96. The normalized spacial score (nSPS) is 12.7. The molecule has 1 atom stereocenters. The Labute approximate surface area is 117 Å². The fraction of sp³-hybridized carbons (Fsp3) is 0.400. The van der Waals surface area contributed by atoms with E-state index in [9.17, 15) is 4.39 Å². The molecule has 1 N–H and O–H groups in total. The number of nitrogens with one attached hydrogen (secondary N) is 1. The number of benzene rings is 1. The number of rotatable bonds is 4. The Morgan fingerprint density at radius 1 is 1.32 bits per heavy atom. The summed E-state index contributed by atoms with van der Waals surface area (Å²) >= 11 is 1.67. The van der Waals surface area contributed by atoms with Crippen LogP contribution in [0.1, 0.15) is 39.7 Å². The van der Waals surface area contributed by atoms with Crippen molar-refractivity contribution in [3.8, 4) is 0 Å². The van der Waals surface area contributed by atoms with Crippen LogP contribution in [0.15, 0.2) is 18.2 Å². The highest BCUT2D eigenvalue weighted by atomic mass is 32.1. The Hall–Kier alpha value is -1.26. The van der Waals surface area contributed by atoms with Crippen LogP contribution in [0.3, 0.4) is 0 Å². The van der Waals surface area contributed by atoms with Crippen molar-refractivity contribution < 1.29 is 4.39 Å². The molecule has 0 amide bonds. The second-order valence-electron chi connectivity index (χ2n) is 4.69. The number of nitrogens with zero attached hydrogens (tertiary/aromatic N) is 1. The van der Waals surface area contributed by atoms with Gasteiger partial charge in [0.25, 0.3) is 0 Å². The van der Waals surface area contributed by atoms with Gasteiger partial charge in [0.2, 0.25) is 0 Å². The van der Waals surface area contributed by atoms with Gasteiger partial charge in [-0.1, -0.05) is 19.1 Å². The number of halogens is 1. The molecule has 2 rings (SSSR count). The first-order valence-corrected chi connectivity index (χ1v) is 7.28. The smallest absolute Gasteiger partial charge is 0.126 e. The van der Waals surface area contributed by atoms with Gasteiger partial charge in [-0.2, -0.15) is 0 Å². The number of hydrogen-bond donors (Lipinski definition) is 1. The highest BCUT2D eigenvalue weighted by Gasteiger charge is 2.18. The lowest BCUT2D eigenvalue weighted by Gasteiger charge is -2.16. The van der Waals surface area contributed by atoms with Gasteiger partial charge in [-0.3, -0.25) is 0 Å². The van der Waals surface area contributed by atoms with Crippen molar-refractivity contribution in [3.05, 3.63) is 50.7 Å². The van der Waals surface area contributed by atoms with Gasteiger partial charge in [-0.15, -0.1) is 11.3 Å². The number of aromatic nitrogens is 1. The van der Waals surface area contributed by atoms with Crippen molar-refractivity contribution >= 4 is 11.3 Å². The molecular weight excluding hydrogens is 259 g/mol. The highest BCUT2D eigenvalue weighted by molar-refractivity contribution is 7.11. The van der Waals surface area contributed by atoms with Crippen molar-refractivity contribution in [2.24, 2.45) is 0 Å². The Morgan fingerprint density at radius 2 is 2.05 bits per heavy atom. The highest BCUT2D eigenvalue weighted by Crippen LogP contribution is 2.28. The zero-order chi connectivity index (χ0) is 14.0. The van der Waals surface area contributed by atoms with Crippen LogP contribution in [-0.2, 0) is 0 Å². The van der Waals surface area contributed by atoms with E-state index in [1.807, 2.05) is 26.0 Å². The quantitative estimate of drug-likeness (QED) is 0.917. The van der Waals surface area contributed by atoms with Crippen molar-refractivity contribution in [2.75, 3.05) is 6.54 Å². The molecule has 2 nitrogen and oxygen atoms in total. The molecule has 1 aromatic carbocycles. The number of hydrogen-bond acceptors (Lipinski definition) is 3. The lowest BCUT2D eigenvalue weighted by Crippen LogP contribution is -2.22. The molecule has 2 aromatic rings. The zero-order valence-corrected chi connectivity index (χ0v) is 12.6. The molecule has 0 saturated carbocycles. The van der Waals surface area contributed by atoms with Crippen molar-refractivity contribution in [1.29, 1.82) is 0 Å². The Kier molecular flexibility index (Phi) is 4.32. The first-order chi connectivity index (χ1) is 9.02. The monoisotopic (exact) mass is 278 g/mol. The third-order valence-corrected chi connectivity index (χ3v) is 4.37. The molecule has 4 heteroatoms. The largest absolute Gasteiger partial charge is 0.305 e. The van der Waals surface area contributed by atoms with E-state index in [0.717, 1.165) is 22.8 Å². The molecule has 0 aliphatic rings. The lowest BCUT2D eigenvalue weighted by atomic mass is 10.0. The molecular formula is C15H19FN2S. The fourth-order valence-corrected chi connectivity index (χ4v) is 2.99. The van der Waals surface area contributed by atoms with E-state index >= 15 is 0 Å². The van der Waals surface area contributed by atoms with Crippen molar-refractivity contribution in [2.45, 2.75) is 33.7 Å². The SMILES string of the molecule is CCNC(c1ccc(C)c(F)c1)c1nc(C)c(C)s1. The summed E-state index contributed by atoms with van der Waals surface area (Å²) in [6.07, 6.45) is 0. The Morgan fingerprint density at radius 3 is 2.58 bits per heavy atom. The van der Waals surface area contributed by atoms with Crippen molar-refractivity contribution in [3.63, 3.8) is 0 Å². The Balaban J connectivity index is 2.41. The van der Waals surface area contributed by atoms with Crippen LogP contribution in [0.4, 0.5) is 4.39 Å². The van der Waals surface area contributed by atoms with Crippen LogP contribution < -0.4 is 5.32 Å². The van der Waals surface area contributed by atoms with Crippen LogP contribution in [0, 0.1) is 26.6 Å². The topological polar surface area (TPSA) is 24.9 Å². The number of aryl methyl sites for hydroxylation is 3. The minimum atomic E-state index is -0.162. The first-order valence-electron chi connectivity index (χ1n) is 6.46. The molecule has 0 radical (unpaired) electrons. The average Bonchev–Trinajstić information content (AvgIpc) is 2.70. The minimum absolute atomic E-state index is 0.0301. The molecule has 0 aliphatic heterocycles. The second kappa shape index (κ2) is 5.80. The van der Waals surface area contributed by atoms with Crippen LogP contribution in [-0.4, -0.2) is 11.5 Å². The van der Waals surface area contributed by atoms with Gasteiger partial charge in [0.1, 0.15) is 10.8 Å². The maximum Gasteiger partial charge on any atom is 0.126 e. The standard InChI is InChI=1S/C15H19FN2S/c1-5-17-14(15-18-10(3)11(4)19-15)12-7-6-9(2)13(16)8-12/h6-8,14,17H,5H2,1-4H3. The van der Waals surface area contributed by atoms with E-state index in [1.165, 1.54) is 4.88 Å². The third-order valence-electron chi connectivity index (χ3n) is 3.23. The van der Waals surface area contributed by atoms with E-state index in [4.69, 9.17) is 0 Å². The molecule has 1 unspecified atom stereocenters. The molecule has 102 valence electrons. The molecule has 1 heterocycles. The van der Waals surface area contributed by atoms with Crippen LogP contribution >= 0.6 is 11.3 Å². The summed E-state index contributed by atoms with van der Waals surface area (Å²) in [6.45, 7) is 8.71. The van der Waals surface area contributed by atoms with Gasteiger partial charge in [0.15, 0.2) is 0 Å². The van der Waals surface area contributed by atoms with Crippen LogP contribution in [0.2, 0.25) is 0 Å². The second-order valence-corrected chi connectivity index (χ2v) is 5.93.